The van der Waals surface area contributed by atoms with E-state index < -0.39 is 0 Å². The number of amides is 1. The average Bonchev–Trinajstić information content (AvgIpc) is 3.07. The number of likely N-dealkylation sites (tertiary alicyclic amines) is 1. The molecule has 2 aliphatic heterocycles. The predicted octanol–water partition coefficient (Wildman–Crippen LogP) is 3.11. The number of carbonyl (C=O) groups excluding carboxylic acids is 1. The monoisotopic (exact) mass is 422 g/mol. The summed E-state index contributed by atoms with van der Waals surface area (Å²) in [5.41, 5.74) is 1.16. The van der Waals surface area contributed by atoms with E-state index in [-0.39, 0.29) is 5.91 Å². The lowest BCUT2D eigenvalue weighted by Gasteiger charge is -2.39. The molecule has 4 heterocycles. The SMILES string of the molecule is CC(C)N1CCCC(N2CCN(c3cccc(C(=O)Nc4ccncc4)n3)CC2)CC1. The fourth-order valence-corrected chi connectivity index (χ4v) is 4.65. The standard InChI is InChI=1S/C24H34N6O/c1-19(2)28-13-4-5-21(10-14-28)29-15-17-30(18-16-29)23-7-3-6-22(27-23)24(31)26-20-8-11-25-12-9-20/h3,6-9,11-12,19,21H,4-5,10,13-18H2,1-2H3,(H,25,26,31). The molecule has 1 atom stereocenters. The van der Waals surface area contributed by atoms with Crippen molar-refractivity contribution in [1.29, 1.82) is 0 Å². The fourth-order valence-electron chi connectivity index (χ4n) is 4.65. The number of hydrogen-bond acceptors (Lipinski definition) is 6. The number of piperazine rings is 1. The molecule has 0 saturated carbocycles. The van der Waals surface area contributed by atoms with Gasteiger partial charge < -0.3 is 15.1 Å². The van der Waals surface area contributed by atoms with Crippen molar-refractivity contribution in [2.45, 2.75) is 45.2 Å². The highest BCUT2D eigenvalue weighted by atomic mass is 16.1. The summed E-state index contributed by atoms with van der Waals surface area (Å²) in [5, 5.41) is 2.88. The summed E-state index contributed by atoms with van der Waals surface area (Å²) in [7, 11) is 0. The smallest absolute Gasteiger partial charge is 0.274 e. The maximum Gasteiger partial charge on any atom is 0.274 e. The Hall–Kier alpha value is -2.51. The zero-order chi connectivity index (χ0) is 21.6. The van der Waals surface area contributed by atoms with Gasteiger partial charge in [-0.2, -0.15) is 0 Å². The molecule has 1 amide bonds. The first-order valence-electron chi connectivity index (χ1n) is 11.5. The minimum Gasteiger partial charge on any atom is -0.354 e. The topological polar surface area (TPSA) is 64.6 Å². The van der Waals surface area contributed by atoms with Gasteiger partial charge in [0.2, 0.25) is 0 Å². The summed E-state index contributed by atoms with van der Waals surface area (Å²) in [6.07, 6.45) is 7.17. The Balaban J connectivity index is 1.33. The molecule has 0 bridgehead atoms. The highest BCUT2D eigenvalue weighted by Crippen LogP contribution is 2.22. The maximum atomic E-state index is 12.6. The Morgan fingerprint density at radius 3 is 2.52 bits per heavy atom. The third-order valence-electron chi connectivity index (χ3n) is 6.52. The second-order valence-electron chi connectivity index (χ2n) is 8.81. The molecule has 2 aliphatic rings. The Morgan fingerprint density at radius 1 is 1.00 bits per heavy atom. The van der Waals surface area contributed by atoms with Crippen LogP contribution in [0.15, 0.2) is 42.7 Å². The van der Waals surface area contributed by atoms with Gasteiger partial charge in [0.1, 0.15) is 11.5 Å². The molecule has 2 aromatic heterocycles. The Morgan fingerprint density at radius 2 is 1.77 bits per heavy atom. The Kier molecular flexibility index (Phi) is 7.14. The van der Waals surface area contributed by atoms with Crippen LogP contribution in [0.3, 0.4) is 0 Å². The first-order valence-corrected chi connectivity index (χ1v) is 11.5. The molecule has 0 radical (unpaired) electrons. The molecule has 4 rings (SSSR count). The molecule has 1 N–H and O–H groups in total. The second kappa shape index (κ2) is 10.2. The van der Waals surface area contributed by atoms with Crippen molar-refractivity contribution < 1.29 is 4.79 Å². The highest BCUT2D eigenvalue weighted by Gasteiger charge is 2.27. The second-order valence-corrected chi connectivity index (χ2v) is 8.81. The number of pyridine rings is 2. The quantitative estimate of drug-likeness (QED) is 0.799. The Bertz CT molecular complexity index is 850. The van der Waals surface area contributed by atoms with E-state index in [9.17, 15) is 4.79 Å². The summed E-state index contributed by atoms with van der Waals surface area (Å²) in [4.78, 5) is 28.8. The normalized spacial score (nSPS) is 21.1. The average molecular weight is 423 g/mol. The molecule has 0 aliphatic carbocycles. The van der Waals surface area contributed by atoms with E-state index in [0.717, 1.165) is 37.7 Å². The minimum absolute atomic E-state index is 0.195. The summed E-state index contributed by atoms with van der Waals surface area (Å²) < 4.78 is 0. The van der Waals surface area contributed by atoms with Crippen LogP contribution < -0.4 is 10.2 Å². The van der Waals surface area contributed by atoms with Gasteiger partial charge >= 0.3 is 0 Å². The largest absolute Gasteiger partial charge is 0.354 e. The van der Waals surface area contributed by atoms with E-state index >= 15 is 0 Å². The first-order chi connectivity index (χ1) is 15.1. The lowest BCUT2D eigenvalue weighted by molar-refractivity contribution is 0.102. The number of anilines is 2. The van der Waals surface area contributed by atoms with Crippen molar-refractivity contribution in [2.75, 3.05) is 49.5 Å². The summed E-state index contributed by atoms with van der Waals surface area (Å²) in [6.45, 7) is 11.1. The van der Waals surface area contributed by atoms with Crippen LogP contribution in [-0.4, -0.2) is 77.0 Å². The molecule has 2 fully saturated rings. The minimum atomic E-state index is -0.195. The van der Waals surface area contributed by atoms with E-state index in [0.29, 0.717) is 17.8 Å². The van der Waals surface area contributed by atoms with Crippen molar-refractivity contribution in [3.05, 3.63) is 48.4 Å². The zero-order valence-electron chi connectivity index (χ0n) is 18.7. The summed E-state index contributed by atoms with van der Waals surface area (Å²) in [6, 6.07) is 10.6. The number of hydrogen-bond donors (Lipinski definition) is 1. The molecule has 1 unspecified atom stereocenters. The maximum absolute atomic E-state index is 12.6. The molecule has 7 nitrogen and oxygen atoms in total. The lowest BCUT2D eigenvalue weighted by Crippen LogP contribution is -2.51. The predicted molar refractivity (Wildman–Crippen MR) is 125 cm³/mol. The molecule has 31 heavy (non-hydrogen) atoms. The fraction of sp³-hybridized carbons (Fsp3) is 0.542. The van der Waals surface area contributed by atoms with Crippen LogP contribution in [0, 0.1) is 0 Å². The van der Waals surface area contributed by atoms with Crippen LogP contribution >= 0.6 is 0 Å². The van der Waals surface area contributed by atoms with Gasteiger partial charge in [-0.05, 0) is 70.5 Å². The van der Waals surface area contributed by atoms with E-state index in [1.165, 1.54) is 32.4 Å². The molecule has 166 valence electrons. The van der Waals surface area contributed by atoms with Crippen LogP contribution in [0.4, 0.5) is 11.5 Å². The number of nitrogens with one attached hydrogen (secondary N) is 1. The first kappa shape index (κ1) is 21.7. The van der Waals surface area contributed by atoms with Crippen molar-refractivity contribution in [2.24, 2.45) is 0 Å². The van der Waals surface area contributed by atoms with Gasteiger partial charge in [0.15, 0.2) is 0 Å². The molecule has 7 heteroatoms. The molecular formula is C24H34N6O. The molecule has 0 aromatic carbocycles. The van der Waals surface area contributed by atoms with Crippen molar-refractivity contribution in [3.63, 3.8) is 0 Å². The zero-order valence-corrected chi connectivity index (χ0v) is 18.7. The van der Waals surface area contributed by atoms with E-state index in [4.69, 9.17) is 0 Å². The van der Waals surface area contributed by atoms with Crippen molar-refractivity contribution >= 4 is 17.4 Å². The summed E-state index contributed by atoms with van der Waals surface area (Å²) in [5.74, 6) is 0.689. The van der Waals surface area contributed by atoms with Crippen LogP contribution in [-0.2, 0) is 0 Å². The van der Waals surface area contributed by atoms with Crippen LogP contribution in [0.2, 0.25) is 0 Å². The number of rotatable bonds is 5. The third kappa shape index (κ3) is 5.60. The highest BCUT2D eigenvalue weighted by molar-refractivity contribution is 6.03. The van der Waals surface area contributed by atoms with Crippen molar-refractivity contribution in [3.8, 4) is 0 Å². The van der Waals surface area contributed by atoms with Crippen LogP contribution in [0.5, 0.6) is 0 Å². The van der Waals surface area contributed by atoms with Gasteiger partial charge in [-0.15, -0.1) is 0 Å². The van der Waals surface area contributed by atoms with Gasteiger partial charge in [0, 0.05) is 56.3 Å². The number of nitrogens with zero attached hydrogens (tertiary/aromatic N) is 5. The number of carbonyl (C=O) groups is 1. The van der Waals surface area contributed by atoms with Gasteiger partial charge in [-0.3, -0.25) is 14.7 Å². The van der Waals surface area contributed by atoms with Crippen molar-refractivity contribution in [1.82, 2.24) is 19.8 Å². The molecule has 2 saturated heterocycles. The van der Waals surface area contributed by atoms with Gasteiger partial charge in [-0.25, -0.2) is 4.98 Å². The van der Waals surface area contributed by atoms with Gasteiger partial charge in [-0.1, -0.05) is 6.07 Å². The van der Waals surface area contributed by atoms with E-state index in [1.54, 1.807) is 30.6 Å². The summed E-state index contributed by atoms with van der Waals surface area (Å²) >= 11 is 0. The molecule has 0 spiro atoms. The van der Waals surface area contributed by atoms with E-state index in [1.807, 2.05) is 12.1 Å². The van der Waals surface area contributed by atoms with E-state index in [2.05, 4.69) is 43.8 Å². The third-order valence-corrected chi connectivity index (χ3v) is 6.52. The van der Waals surface area contributed by atoms with Crippen LogP contribution in [0.25, 0.3) is 0 Å². The van der Waals surface area contributed by atoms with Gasteiger partial charge in [0.05, 0.1) is 0 Å². The number of aromatic nitrogens is 2. The Labute approximate surface area is 185 Å². The molecular weight excluding hydrogens is 388 g/mol. The lowest BCUT2D eigenvalue weighted by atomic mass is 10.1. The van der Waals surface area contributed by atoms with Gasteiger partial charge in [0.25, 0.3) is 5.91 Å². The van der Waals surface area contributed by atoms with Crippen LogP contribution in [0.1, 0.15) is 43.6 Å². The molecule has 2 aromatic rings.